The number of aromatic carboxylic acids is 1. The quantitative estimate of drug-likeness (QED) is 0.680. The number of carboxylic acid groups (broad SMARTS) is 1. The zero-order chi connectivity index (χ0) is 20.8. The van der Waals surface area contributed by atoms with Crippen LogP contribution in [0, 0.1) is 5.92 Å². The van der Waals surface area contributed by atoms with Crippen molar-refractivity contribution in [3.63, 3.8) is 0 Å². The van der Waals surface area contributed by atoms with Crippen LogP contribution in [-0.2, 0) is 4.79 Å². The second kappa shape index (κ2) is 9.23. The molecule has 3 rings (SSSR count). The van der Waals surface area contributed by atoms with E-state index in [0.29, 0.717) is 16.9 Å². The first-order valence-electron chi connectivity index (χ1n) is 9.61. The Bertz CT molecular complexity index is 919. The number of carbonyl (C=O) groups excluding carboxylic acids is 2. The third-order valence-electron chi connectivity index (χ3n) is 5.06. The molecule has 2 aromatic rings. The monoisotopic (exact) mass is 396 g/mol. The lowest BCUT2D eigenvalue weighted by Gasteiger charge is -2.20. The Morgan fingerprint density at radius 2 is 1.72 bits per heavy atom. The van der Waals surface area contributed by atoms with Gasteiger partial charge in [-0.15, -0.1) is 0 Å². The maximum absolute atomic E-state index is 12.6. The lowest BCUT2D eigenvalue weighted by molar-refractivity contribution is -0.120. The van der Waals surface area contributed by atoms with Crippen LogP contribution in [0.5, 0.6) is 5.75 Å². The Labute approximate surface area is 169 Å². The molecule has 0 atom stereocenters. The number of hydrogen-bond donors (Lipinski definition) is 3. The molecule has 0 saturated heterocycles. The summed E-state index contributed by atoms with van der Waals surface area (Å²) in [5, 5.41) is 14.7. The highest BCUT2D eigenvalue weighted by molar-refractivity contribution is 6.06. The molecule has 0 aromatic heterocycles. The molecule has 1 aliphatic carbocycles. The third kappa shape index (κ3) is 5.13. The van der Waals surface area contributed by atoms with E-state index >= 15 is 0 Å². The number of nitrogens with one attached hydrogen (secondary N) is 2. The Kier molecular flexibility index (Phi) is 6.49. The maximum Gasteiger partial charge on any atom is 0.335 e. The van der Waals surface area contributed by atoms with Crippen molar-refractivity contribution in [2.24, 2.45) is 5.92 Å². The Morgan fingerprint density at radius 1 is 0.966 bits per heavy atom. The fourth-order valence-electron chi connectivity index (χ4n) is 3.47. The summed E-state index contributed by atoms with van der Waals surface area (Å²) in [6, 6.07) is 10.9. The minimum atomic E-state index is -1.08. The van der Waals surface area contributed by atoms with Gasteiger partial charge >= 0.3 is 5.97 Å². The Morgan fingerprint density at radius 3 is 2.41 bits per heavy atom. The van der Waals surface area contributed by atoms with Gasteiger partial charge in [0, 0.05) is 17.2 Å². The van der Waals surface area contributed by atoms with Crippen LogP contribution >= 0.6 is 0 Å². The van der Waals surface area contributed by atoms with Crippen LogP contribution in [0.2, 0.25) is 0 Å². The molecule has 0 unspecified atom stereocenters. The van der Waals surface area contributed by atoms with Crippen LogP contribution in [0.1, 0.15) is 52.8 Å². The smallest absolute Gasteiger partial charge is 0.335 e. The summed E-state index contributed by atoms with van der Waals surface area (Å²) in [4.78, 5) is 36.2. The summed E-state index contributed by atoms with van der Waals surface area (Å²) >= 11 is 0. The topological polar surface area (TPSA) is 105 Å². The fourth-order valence-corrected chi connectivity index (χ4v) is 3.47. The van der Waals surface area contributed by atoms with Crippen LogP contribution < -0.4 is 15.4 Å². The predicted octanol–water partition coefficient (Wildman–Crippen LogP) is 4.16. The molecule has 3 N–H and O–H groups in total. The van der Waals surface area contributed by atoms with Gasteiger partial charge in [0.2, 0.25) is 5.91 Å². The van der Waals surface area contributed by atoms with Gasteiger partial charge in [0.05, 0.1) is 18.4 Å². The van der Waals surface area contributed by atoms with Gasteiger partial charge in [0.15, 0.2) is 0 Å². The van der Waals surface area contributed by atoms with E-state index in [4.69, 9.17) is 9.84 Å². The molecule has 29 heavy (non-hydrogen) atoms. The molecular weight excluding hydrogens is 372 g/mol. The first kappa shape index (κ1) is 20.4. The molecule has 7 heteroatoms. The molecule has 2 aromatic carbocycles. The molecule has 1 fully saturated rings. The second-order valence-corrected chi connectivity index (χ2v) is 7.08. The first-order valence-corrected chi connectivity index (χ1v) is 9.61. The number of amides is 2. The summed E-state index contributed by atoms with van der Waals surface area (Å²) in [7, 11) is 1.40. The van der Waals surface area contributed by atoms with E-state index in [1.807, 2.05) is 0 Å². The van der Waals surface area contributed by atoms with Crippen LogP contribution in [0.15, 0.2) is 42.5 Å². The molecule has 2 amide bonds. The molecule has 152 valence electrons. The standard InChI is InChI=1S/C22H24N2O5/c1-29-19-13-16(22(27)28)10-11-18(19)24-21(26)15-8-5-9-17(12-15)23-20(25)14-6-3-2-4-7-14/h5,8-14H,2-4,6-7H2,1H3,(H,23,25)(H,24,26)(H,27,28). The zero-order valence-corrected chi connectivity index (χ0v) is 16.2. The number of benzene rings is 2. The third-order valence-corrected chi connectivity index (χ3v) is 5.06. The van der Waals surface area contributed by atoms with E-state index in [1.165, 1.54) is 31.7 Å². The molecule has 0 heterocycles. The number of anilines is 2. The van der Waals surface area contributed by atoms with Crippen molar-refractivity contribution in [1.82, 2.24) is 0 Å². The number of hydrogen-bond acceptors (Lipinski definition) is 4. The summed E-state index contributed by atoms with van der Waals surface area (Å²) in [6.45, 7) is 0. The first-order chi connectivity index (χ1) is 14.0. The number of carbonyl (C=O) groups is 3. The van der Waals surface area contributed by atoms with Crippen molar-refractivity contribution in [2.75, 3.05) is 17.7 Å². The van der Waals surface area contributed by atoms with E-state index in [9.17, 15) is 14.4 Å². The number of ether oxygens (including phenoxy) is 1. The largest absolute Gasteiger partial charge is 0.495 e. The molecular formula is C22H24N2O5. The van der Waals surface area contributed by atoms with Crippen molar-refractivity contribution in [3.05, 3.63) is 53.6 Å². The van der Waals surface area contributed by atoms with Gasteiger partial charge in [-0.05, 0) is 49.2 Å². The average molecular weight is 396 g/mol. The summed E-state index contributed by atoms with van der Waals surface area (Å²) in [5.41, 5.74) is 1.36. The van der Waals surface area contributed by atoms with Crippen LogP contribution in [0.3, 0.4) is 0 Å². The highest BCUT2D eigenvalue weighted by Gasteiger charge is 2.21. The normalized spacial score (nSPS) is 14.1. The van der Waals surface area contributed by atoms with E-state index in [1.54, 1.807) is 24.3 Å². The van der Waals surface area contributed by atoms with Gasteiger partial charge in [-0.3, -0.25) is 9.59 Å². The number of rotatable bonds is 6. The fraction of sp³-hybridized carbons (Fsp3) is 0.318. The van der Waals surface area contributed by atoms with Gasteiger partial charge in [0.25, 0.3) is 5.91 Å². The highest BCUT2D eigenvalue weighted by atomic mass is 16.5. The van der Waals surface area contributed by atoms with Gasteiger partial charge in [0.1, 0.15) is 5.75 Å². The molecule has 1 saturated carbocycles. The molecule has 0 aliphatic heterocycles. The van der Waals surface area contributed by atoms with Crippen molar-refractivity contribution in [3.8, 4) is 5.75 Å². The van der Waals surface area contributed by atoms with Crippen LogP contribution in [0.4, 0.5) is 11.4 Å². The summed E-state index contributed by atoms with van der Waals surface area (Å²) < 4.78 is 5.18. The van der Waals surface area contributed by atoms with Crippen molar-refractivity contribution < 1.29 is 24.2 Å². The van der Waals surface area contributed by atoms with Crippen LogP contribution in [-0.4, -0.2) is 30.0 Å². The highest BCUT2D eigenvalue weighted by Crippen LogP contribution is 2.27. The van der Waals surface area contributed by atoms with Crippen LogP contribution in [0.25, 0.3) is 0 Å². The van der Waals surface area contributed by atoms with E-state index < -0.39 is 5.97 Å². The molecule has 1 aliphatic rings. The zero-order valence-electron chi connectivity index (χ0n) is 16.2. The molecule has 0 radical (unpaired) electrons. The van der Waals surface area contributed by atoms with E-state index in [-0.39, 0.29) is 29.0 Å². The van der Waals surface area contributed by atoms with Gasteiger partial charge in [-0.2, -0.15) is 0 Å². The predicted molar refractivity (Wildman–Crippen MR) is 110 cm³/mol. The van der Waals surface area contributed by atoms with Gasteiger partial charge in [-0.1, -0.05) is 25.3 Å². The van der Waals surface area contributed by atoms with Crippen molar-refractivity contribution >= 4 is 29.2 Å². The SMILES string of the molecule is COc1cc(C(=O)O)ccc1NC(=O)c1cccc(NC(=O)C2CCCCC2)c1. The van der Waals surface area contributed by atoms with Gasteiger partial charge < -0.3 is 20.5 Å². The molecule has 7 nitrogen and oxygen atoms in total. The molecule has 0 spiro atoms. The minimum Gasteiger partial charge on any atom is -0.495 e. The van der Waals surface area contributed by atoms with Gasteiger partial charge in [-0.25, -0.2) is 4.79 Å². The van der Waals surface area contributed by atoms with E-state index in [2.05, 4.69) is 10.6 Å². The molecule has 0 bridgehead atoms. The Balaban J connectivity index is 1.71. The van der Waals surface area contributed by atoms with Crippen molar-refractivity contribution in [1.29, 1.82) is 0 Å². The number of methoxy groups -OCH3 is 1. The van der Waals surface area contributed by atoms with E-state index in [0.717, 1.165) is 25.7 Å². The maximum atomic E-state index is 12.6. The summed E-state index contributed by atoms with van der Waals surface area (Å²) in [6.07, 6.45) is 5.12. The Hall–Kier alpha value is -3.35. The van der Waals surface area contributed by atoms with Crippen molar-refractivity contribution in [2.45, 2.75) is 32.1 Å². The summed E-state index contributed by atoms with van der Waals surface area (Å²) in [5.74, 6) is -1.20. The minimum absolute atomic E-state index is 0.00631. The second-order valence-electron chi connectivity index (χ2n) is 7.08. The lowest BCUT2D eigenvalue weighted by Crippen LogP contribution is -2.24. The number of carboxylic acids is 1. The lowest BCUT2D eigenvalue weighted by atomic mass is 9.88. The average Bonchev–Trinajstić information content (AvgIpc) is 2.74.